The summed E-state index contributed by atoms with van der Waals surface area (Å²) in [5.41, 5.74) is 5.28. The Morgan fingerprint density at radius 2 is 1.68 bits per heavy atom. The maximum Gasteiger partial charge on any atom is 0.247 e. The first-order valence-corrected chi connectivity index (χ1v) is 9.46. The number of hydrogen-bond acceptors (Lipinski definition) is 4. The van der Waals surface area contributed by atoms with Crippen molar-refractivity contribution in [3.63, 3.8) is 0 Å². The fraction of sp³-hybridized carbons (Fsp3) is 0.130. The van der Waals surface area contributed by atoms with E-state index in [1.807, 2.05) is 60.7 Å². The van der Waals surface area contributed by atoms with Crippen LogP contribution in [0.15, 0.2) is 77.2 Å². The van der Waals surface area contributed by atoms with Crippen molar-refractivity contribution in [1.82, 2.24) is 10.2 Å². The van der Waals surface area contributed by atoms with Gasteiger partial charge in [-0.15, -0.1) is 10.2 Å². The van der Waals surface area contributed by atoms with E-state index in [-0.39, 0.29) is 6.04 Å². The Labute approximate surface area is 169 Å². The van der Waals surface area contributed by atoms with Gasteiger partial charge in [0.05, 0.1) is 0 Å². The Hall–Kier alpha value is -3.11. The average molecular weight is 390 g/mol. The Bertz CT molecular complexity index is 1090. The van der Waals surface area contributed by atoms with E-state index in [9.17, 15) is 0 Å². The van der Waals surface area contributed by atoms with Gasteiger partial charge in [-0.25, -0.2) is 0 Å². The molecule has 0 spiro atoms. The summed E-state index contributed by atoms with van der Waals surface area (Å²) in [6.45, 7) is 4.19. The van der Waals surface area contributed by atoms with E-state index in [0.29, 0.717) is 16.8 Å². The van der Waals surface area contributed by atoms with Gasteiger partial charge in [-0.2, -0.15) is 0 Å². The molecule has 0 saturated heterocycles. The molecule has 1 atom stereocenters. The van der Waals surface area contributed by atoms with Crippen molar-refractivity contribution < 1.29 is 4.42 Å². The molecule has 28 heavy (non-hydrogen) atoms. The standard InChI is InChI=1S/C23H20ClN3O/c1-15-11-12-20(13-16(15)2)25-21(18-9-6-10-19(24)14-18)23-27-26-22(28-23)17-7-4-3-5-8-17/h3-14,21,25H,1-2H3/t21-/m1/s1. The molecule has 0 fully saturated rings. The molecule has 4 aromatic rings. The number of nitrogens with zero attached hydrogens (tertiary/aromatic N) is 2. The van der Waals surface area contributed by atoms with Crippen LogP contribution in [0.2, 0.25) is 5.02 Å². The number of halogens is 1. The minimum absolute atomic E-state index is 0.314. The van der Waals surface area contributed by atoms with Crippen molar-refractivity contribution in [2.24, 2.45) is 0 Å². The van der Waals surface area contributed by atoms with Crippen LogP contribution < -0.4 is 5.32 Å². The number of aromatic nitrogens is 2. The maximum absolute atomic E-state index is 6.23. The molecule has 4 nitrogen and oxygen atoms in total. The minimum Gasteiger partial charge on any atom is -0.418 e. The summed E-state index contributed by atoms with van der Waals surface area (Å²) in [6, 6.07) is 23.4. The van der Waals surface area contributed by atoms with Crippen molar-refractivity contribution in [2.75, 3.05) is 5.32 Å². The Balaban J connectivity index is 1.73. The SMILES string of the molecule is Cc1ccc(N[C@H](c2cccc(Cl)c2)c2nnc(-c3ccccc3)o2)cc1C. The van der Waals surface area contributed by atoms with Gasteiger partial charge in [-0.05, 0) is 66.9 Å². The summed E-state index contributed by atoms with van der Waals surface area (Å²) in [6.07, 6.45) is 0. The van der Waals surface area contributed by atoms with E-state index in [1.54, 1.807) is 0 Å². The number of aryl methyl sites for hydroxylation is 2. The molecular formula is C23H20ClN3O. The second-order valence-corrected chi connectivity index (χ2v) is 7.18. The minimum atomic E-state index is -0.314. The quantitative estimate of drug-likeness (QED) is 0.441. The van der Waals surface area contributed by atoms with Gasteiger partial charge in [0.15, 0.2) is 0 Å². The first-order chi connectivity index (χ1) is 13.6. The highest BCUT2D eigenvalue weighted by Gasteiger charge is 2.22. The summed E-state index contributed by atoms with van der Waals surface area (Å²) in [5, 5.41) is 12.7. The third-order valence-electron chi connectivity index (χ3n) is 4.71. The normalized spacial score (nSPS) is 12.0. The molecule has 0 aliphatic heterocycles. The van der Waals surface area contributed by atoms with Crippen molar-refractivity contribution in [3.8, 4) is 11.5 Å². The van der Waals surface area contributed by atoms with Gasteiger partial charge in [0.2, 0.25) is 11.8 Å². The van der Waals surface area contributed by atoms with E-state index in [0.717, 1.165) is 16.8 Å². The molecular weight excluding hydrogens is 370 g/mol. The van der Waals surface area contributed by atoms with Gasteiger partial charge >= 0.3 is 0 Å². The van der Waals surface area contributed by atoms with Gasteiger partial charge in [0.1, 0.15) is 6.04 Å². The van der Waals surface area contributed by atoms with Gasteiger partial charge < -0.3 is 9.73 Å². The molecule has 0 unspecified atom stereocenters. The van der Waals surface area contributed by atoms with Crippen molar-refractivity contribution in [2.45, 2.75) is 19.9 Å². The van der Waals surface area contributed by atoms with Gasteiger partial charge in [0, 0.05) is 16.3 Å². The van der Waals surface area contributed by atoms with E-state index in [2.05, 4.69) is 41.5 Å². The fourth-order valence-corrected chi connectivity index (χ4v) is 3.22. The molecule has 1 N–H and O–H groups in total. The maximum atomic E-state index is 6.23. The highest BCUT2D eigenvalue weighted by atomic mass is 35.5. The summed E-state index contributed by atoms with van der Waals surface area (Å²) in [7, 11) is 0. The van der Waals surface area contributed by atoms with E-state index >= 15 is 0 Å². The molecule has 4 rings (SSSR count). The predicted octanol–water partition coefficient (Wildman–Crippen LogP) is 6.21. The highest BCUT2D eigenvalue weighted by molar-refractivity contribution is 6.30. The highest BCUT2D eigenvalue weighted by Crippen LogP contribution is 2.30. The Kier molecular flexibility index (Phi) is 5.13. The lowest BCUT2D eigenvalue weighted by Crippen LogP contribution is -2.13. The number of hydrogen-bond donors (Lipinski definition) is 1. The first kappa shape index (κ1) is 18.3. The Morgan fingerprint density at radius 1 is 0.857 bits per heavy atom. The van der Waals surface area contributed by atoms with Gasteiger partial charge in [-0.1, -0.05) is 48.0 Å². The average Bonchev–Trinajstić information content (AvgIpc) is 3.19. The van der Waals surface area contributed by atoms with Crippen molar-refractivity contribution >= 4 is 17.3 Å². The van der Waals surface area contributed by atoms with E-state index in [4.69, 9.17) is 16.0 Å². The zero-order chi connectivity index (χ0) is 19.5. The number of anilines is 1. The molecule has 0 aliphatic rings. The third-order valence-corrected chi connectivity index (χ3v) is 4.94. The molecule has 0 bridgehead atoms. The first-order valence-electron chi connectivity index (χ1n) is 9.08. The molecule has 0 amide bonds. The van der Waals surface area contributed by atoms with E-state index < -0.39 is 0 Å². The molecule has 3 aromatic carbocycles. The second-order valence-electron chi connectivity index (χ2n) is 6.74. The molecule has 1 heterocycles. The third kappa shape index (κ3) is 3.92. The smallest absolute Gasteiger partial charge is 0.247 e. The molecule has 0 radical (unpaired) electrons. The van der Waals surface area contributed by atoms with Crippen molar-refractivity contribution in [1.29, 1.82) is 0 Å². The van der Waals surface area contributed by atoms with Gasteiger partial charge in [-0.3, -0.25) is 0 Å². The lowest BCUT2D eigenvalue weighted by Gasteiger charge is -2.18. The number of benzene rings is 3. The van der Waals surface area contributed by atoms with Gasteiger partial charge in [0.25, 0.3) is 0 Å². The topological polar surface area (TPSA) is 51.0 Å². The van der Waals surface area contributed by atoms with E-state index in [1.165, 1.54) is 11.1 Å². The lowest BCUT2D eigenvalue weighted by molar-refractivity contribution is 0.494. The van der Waals surface area contributed by atoms with Crippen LogP contribution in [0.25, 0.3) is 11.5 Å². The number of rotatable bonds is 5. The monoisotopic (exact) mass is 389 g/mol. The molecule has 5 heteroatoms. The summed E-state index contributed by atoms with van der Waals surface area (Å²) < 4.78 is 6.02. The Morgan fingerprint density at radius 3 is 2.43 bits per heavy atom. The molecule has 0 aliphatic carbocycles. The second kappa shape index (κ2) is 7.87. The van der Waals surface area contributed by atoms with Crippen LogP contribution in [0, 0.1) is 13.8 Å². The molecule has 140 valence electrons. The summed E-state index contributed by atoms with van der Waals surface area (Å²) in [5.74, 6) is 0.976. The zero-order valence-corrected chi connectivity index (χ0v) is 16.4. The predicted molar refractivity (Wildman–Crippen MR) is 113 cm³/mol. The van der Waals surface area contributed by atoms with Crippen LogP contribution in [0.1, 0.15) is 28.6 Å². The summed E-state index contributed by atoms with van der Waals surface area (Å²) >= 11 is 6.23. The largest absolute Gasteiger partial charge is 0.418 e. The fourth-order valence-electron chi connectivity index (χ4n) is 3.02. The van der Waals surface area contributed by atoms with Crippen LogP contribution in [0.3, 0.4) is 0 Å². The molecule has 0 saturated carbocycles. The van der Waals surface area contributed by atoms with Crippen LogP contribution >= 0.6 is 11.6 Å². The number of nitrogens with one attached hydrogen (secondary N) is 1. The zero-order valence-electron chi connectivity index (χ0n) is 15.7. The molecule has 1 aromatic heterocycles. The van der Waals surface area contributed by atoms with Crippen LogP contribution in [0.5, 0.6) is 0 Å². The van der Waals surface area contributed by atoms with Crippen LogP contribution in [-0.4, -0.2) is 10.2 Å². The van der Waals surface area contributed by atoms with Crippen LogP contribution in [-0.2, 0) is 0 Å². The lowest BCUT2D eigenvalue weighted by atomic mass is 10.1. The van der Waals surface area contributed by atoms with Crippen molar-refractivity contribution in [3.05, 3.63) is 100 Å². The van der Waals surface area contributed by atoms with Crippen LogP contribution in [0.4, 0.5) is 5.69 Å². The summed E-state index contributed by atoms with van der Waals surface area (Å²) in [4.78, 5) is 0.